The van der Waals surface area contributed by atoms with E-state index >= 15 is 0 Å². The predicted molar refractivity (Wildman–Crippen MR) is 86.9 cm³/mol. The van der Waals surface area contributed by atoms with Crippen LogP contribution in [0.15, 0.2) is 29.2 Å². The lowest BCUT2D eigenvalue weighted by Gasteiger charge is -2.28. The van der Waals surface area contributed by atoms with Gasteiger partial charge >= 0.3 is 0 Å². The van der Waals surface area contributed by atoms with E-state index in [0.717, 1.165) is 19.4 Å². The van der Waals surface area contributed by atoms with Gasteiger partial charge in [-0.1, -0.05) is 39.8 Å². The number of anilines is 1. The molecule has 2 rings (SSSR count). The first-order chi connectivity index (χ1) is 9.70. The van der Waals surface area contributed by atoms with Gasteiger partial charge in [0.2, 0.25) is 10.0 Å². The van der Waals surface area contributed by atoms with Crippen LogP contribution < -0.4 is 10.0 Å². The summed E-state index contributed by atoms with van der Waals surface area (Å²) in [4.78, 5) is 0.345. The van der Waals surface area contributed by atoms with E-state index in [1.165, 1.54) is 0 Å². The molecule has 1 aliphatic carbocycles. The summed E-state index contributed by atoms with van der Waals surface area (Å²) in [5, 5.41) is 3.30. The molecule has 1 saturated carbocycles. The normalized spacial score (nSPS) is 17.5. The Morgan fingerprint density at radius 3 is 2.43 bits per heavy atom. The number of rotatable bonds is 6. The average molecular weight is 310 g/mol. The molecule has 1 aromatic carbocycles. The van der Waals surface area contributed by atoms with Gasteiger partial charge in [0.05, 0.1) is 5.69 Å². The molecule has 1 unspecified atom stereocenters. The maximum atomic E-state index is 12.4. The Bertz CT molecular complexity index is 587. The molecule has 0 aliphatic heterocycles. The van der Waals surface area contributed by atoms with Gasteiger partial charge < -0.3 is 5.32 Å². The van der Waals surface area contributed by atoms with E-state index in [9.17, 15) is 8.42 Å². The van der Waals surface area contributed by atoms with E-state index in [2.05, 4.69) is 37.7 Å². The van der Waals surface area contributed by atoms with Gasteiger partial charge in [-0.25, -0.2) is 13.1 Å². The predicted octanol–water partition coefficient (Wildman–Crippen LogP) is 3.22. The number of nitrogens with one attached hydrogen (secondary N) is 2. The fourth-order valence-corrected chi connectivity index (χ4v) is 3.39. The van der Waals surface area contributed by atoms with E-state index in [1.807, 2.05) is 12.1 Å². The molecule has 0 bridgehead atoms. The Labute approximate surface area is 128 Å². The average Bonchev–Trinajstić information content (AvgIpc) is 3.18. The summed E-state index contributed by atoms with van der Waals surface area (Å²) in [5.41, 5.74) is 0.870. The molecule has 1 aromatic rings. The van der Waals surface area contributed by atoms with E-state index in [0.29, 0.717) is 16.5 Å². The fourth-order valence-electron chi connectivity index (χ4n) is 1.90. The molecule has 1 atom stereocenters. The SMILES string of the molecule is CC(CNc1ccccc1S(=O)(=O)NC1CC1)C(C)(C)C. The highest BCUT2D eigenvalue weighted by molar-refractivity contribution is 7.89. The van der Waals surface area contributed by atoms with Crippen LogP contribution in [-0.2, 0) is 10.0 Å². The van der Waals surface area contributed by atoms with Crippen LogP contribution in [0, 0.1) is 11.3 Å². The second-order valence-electron chi connectivity index (χ2n) is 7.04. The van der Waals surface area contributed by atoms with Crippen LogP contribution in [-0.4, -0.2) is 21.0 Å². The maximum absolute atomic E-state index is 12.4. The second-order valence-corrected chi connectivity index (χ2v) is 8.72. The van der Waals surface area contributed by atoms with Crippen molar-refractivity contribution in [3.63, 3.8) is 0 Å². The molecule has 4 nitrogen and oxygen atoms in total. The fraction of sp³-hybridized carbons (Fsp3) is 0.625. The molecule has 0 heterocycles. The standard InChI is InChI=1S/C16H26N2O2S/c1-12(16(2,3)4)11-17-14-7-5-6-8-15(14)21(19,20)18-13-9-10-13/h5-8,12-13,17-18H,9-11H2,1-4H3. The Hall–Kier alpha value is -1.07. The Balaban J connectivity index is 2.13. The first-order valence-corrected chi connectivity index (χ1v) is 9.04. The lowest BCUT2D eigenvalue weighted by molar-refractivity contribution is 0.274. The van der Waals surface area contributed by atoms with E-state index < -0.39 is 10.0 Å². The van der Waals surface area contributed by atoms with Crippen LogP contribution in [0.3, 0.4) is 0 Å². The molecule has 5 heteroatoms. The third-order valence-electron chi connectivity index (χ3n) is 4.15. The Kier molecular flexibility index (Phi) is 4.63. The van der Waals surface area contributed by atoms with Crippen LogP contribution in [0.1, 0.15) is 40.5 Å². The zero-order chi connectivity index (χ0) is 15.7. The van der Waals surface area contributed by atoms with Gasteiger partial charge in [0.15, 0.2) is 0 Å². The minimum absolute atomic E-state index is 0.122. The highest BCUT2D eigenvalue weighted by Gasteiger charge is 2.29. The molecule has 2 N–H and O–H groups in total. The second kappa shape index (κ2) is 5.97. The minimum atomic E-state index is -3.42. The van der Waals surface area contributed by atoms with Gasteiger partial charge in [-0.2, -0.15) is 0 Å². The summed E-state index contributed by atoms with van der Waals surface area (Å²) < 4.78 is 27.5. The molecule has 1 fully saturated rings. The molecule has 118 valence electrons. The topological polar surface area (TPSA) is 58.2 Å². The molecular weight excluding hydrogens is 284 g/mol. The summed E-state index contributed by atoms with van der Waals surface area (Å²) >= 11 is 0. The molecule has 21 heavy (non-hydrogen) atoms. The molecule has 0 radical (unpaired) electrons. The molecule has 0 aromatic heterocycles. The Morgan fingerprint density at radius 2 is 1.86 bits per heavy atom. The van der Waals surface area contributed by atoms with E-state index in [4.69, 9.17) is 0 Å². The summed E-state index contributed by atoms with van der Waals surface area (Å²) in [7, 11) is -3.42. The zero-order valence-electron chi connectivity index (χ0n) is 13.3. The molecule has 0 spiro atoms. The van der Waals surface area contributed by atoms with Gasteiger partial charge in [0.25, 0.3) is 0 Å². The van der Waals surface area contributed by atoms with Crippen molar-refractivity contribution in [3.05, 3.63) is 24.3 Å². The third kappa shape index (κ3) is 4.45. The quantitative estimate of drug-likeness (QED) is 0.848. The van der Waals surface area contributed by atoms with Crippen LogP contribution in [0.2, 0.25) is 0 Å². The molecule has 0 saturated heterocycles. The number of benzene rings is 1. The van der Waals surface area contributed by atoms with Crippen LogP contribution >= 0.6 is 0 Å². The number of hydrogen-bond donors (Lipinski definition) is 2. The number of hydrogen-bond acceptors (Lipinski definition) is 3. The van der Waals surface area contributed by atoms with Crippen LogP contribution in [0.4, 0.5) is 5.69 Å². The van der Waals surface area contributed by atoms with Gasteiger partial charge in [-0.3, -0.25) is 0 Å². The number of sulfonamides is 1. The first-order valence-electron chi connectivity index (χ1n) is 7.55. The largest absolute Gasteiger partial charge is 0.384 e. The molecule has 0 amide bonds. The first kappa shape index (κ1) is 16.3. The number of para-hydroxylation sites is 1. The molecular formula is C16H26N2O2S. The van der Waals surface area contributed by atoms with Crippen molar-refractivity contribution >= 4 is 15.7 Å². The highest BCUT2D eigenvalue weighted by atomic mass is 32.2. The maximum Gasteiger partial charge on any atom is 0.242 e. The van der Waals surface area contributed by atoms with Gasteiger partial charge in [0.1, 0.15) is 4.90 Å². The lowest BCUT2D eigenvalue weighted by Crippen LogP contribution is -2.28. The van der Waals surface area contributed by atoms with E-state index in [-0.39, 0.29) is 11.5 Å². The Morgan fingerprint density at radius 1 is 1.24 bits per heavy atom. The summed E-state index contributed by atoms with van der Waals surface area (Å²) in [6, 6.07) is 7.24. The van der Waals surface area contributed by atoms with Crippen molar-refractivity contribution < 1.29 is 8.42 Å². The zero-order valence-corrected chi connectivity index (χ0v) is 14.1. The van der Waals surface area contributed by atoms with Crippen molar-refractivity contribution in [2.24, 2.45) is 11.3 Å². The highest BCUT2D eigenvalue weighted by Crippen LogP contribution is 2.28. The third-order valence-corrected chi connectivity index (χ3v) is 5.73. The monoisotopic (exact) mass is 310 g/mol. The van der Waals surface area contributed by atoms with Crippen LogP contribution in [0.5, 0.6) is 0 Å². The van der Waals surface area contributed by atoms with Crippen molar-refractivity contribution in [2.45, 2.75) is 51.5 Å². The van der Waals surface area contributed by atoms with Crippen molar-refractivity contribution in [1.29, 1.82) is 0 Å². The summed E-state index contributed by atoms with van der Waals surface area (Å²) in [5.74, 6) is 0.435. The van der Waals surface area contributed by atoms with E-state index in [1.54, 1.807) is 12.1 Å². The molecule has 1 aliphatic rings. The van der Waals surface area contributed by atoms with Gasteiger partial charge in [-0.05, 0) is 36.3 Å². The van der Waals surface area contributed by atoms with Crippen molar-refractivity contribution in [1.82, 2.24) is 4.72 Å². The summed E-state index contributed by atoms with van der Waals surface area (Å²) in [6.07, 6.45) is 1.88. The smallest absolute Gasteiger partial charge is 0.242 e. The summed E-state index contributed by atoms with van der Waals surface area (Å²) in [6.45, 7) is 9.50. The van der Waals surface area contributed by atoms with Gasteiger partial charge in [0, 0.05) is 12.6 Å². The lowest BCUT2D eigenvalue weighted by atomic mass is 9.82. The van der Waals surface area contributed by atoms with Crippen LogP contribution in [0.25, 0.3) is 0 Å². The minimum Gasteiger partial charge on any atom is -0.384 e. The van der Waals surface area contributed by atoms with Gasteiger partial charge in [-0.15, -0.1) is 0 Å². The van der Waals surface area contributed by atoms with Crippen molar-refractivity contribution in [2.75, 3.05) is 11.9 Å². The van der Waals surface area contributed by atoms with Crippen molar-refractivity contribution in [3.8, 4) is 0 Å².